The molecule has 0 heterocycles. The Bertz CT molecular complexity index is 1020. The van der Waals surface area contributed by atoms with Crippen LogP contribution < -0.4 is 0 Å². The molecule has 3 rings (SSSR count). The molecule has 0 aromatic rings. The second-order valence-electron chi connectivity index (χ2n) is 17.5. The number of carbonyl (C=O) groups excluding carboxylic acids is 3. The number of carbonyl (C=O) groups is 3. The Labute approximate surface area is 344 Å². The minimum absolute atomic E-state index is 0. The van der Waals surface area contributed by atoms with Gasteiger partial charge in [-0.05, 0) is 121 Å². The number of fused-ring (bicyclic) bond motifs is 5. The fourth-order valence-corrected chi connectivity index (χ4v) is 9.62. The predicted octanol–water partition coefficient (Wildman–Crippen LogP) is 11.8. The van der Waals surface area contributed by atoms with E-state index in [-0.39, 0.29) is 43.5 Å². The summed E-state index contributed by atoms with van der Waals surface area (Å²) < 4.78 is 17.3. The molecule has 3 saturated carbocycles. The normalized spacial score (nSPS) is 21.5. The molecule has 0 N–H and O–H groups in total. The molecule has 0 aromatic heterocycles. The molecule has 3 aliphatic rings. The predicted molar refractivity (Wildman–Crippen MR) is 216 cm³/mol. The molecule has 5 unspecified atom stereocenters. The first-order valence-corrected chi connectivity index (χ1v) is 22.6. The summed E-state index contributed by atoms with van der Waals surface area (Å²) in [5.41, 5.74) is 0. The zero-order chi connectivity index (χ0) is 38.3. The zero-order valence-electron chi connectivity index (χ0n) is 35.6. The monoisotopic (exact) mass is 808 g/mol. The Morgan fingerprint density at radius 1 is 0.630 bits per heavy atom. The number of ether oxygens (including phenoxy) is 3. The van der Waals surface area contributed by atoms with Gasteiger partial charge in [-0.25, -0.2) is 0 Å². The maximum Gasteiger partial charge on any atom is 0.310 e. The maximum atomic E-state index is 12.6. The third-order valence-electron chi connectivity index (χ3n) is 12.7. The van der Waals surface area contributed by atoms with Gasteiger partial charge in [0.25, 0.3) is 0 Å². The summed E-state index contributed by atoms with van der Waals surface area (Å²) >= 11 is 0. The van der Waals surface area contributed by atoms with Crippen molar-refractivity contribution in [1.29, 1.82) is 0 Å². The first kappa shape index (κ1) is 48.9. The zero-order valence-corrected chi connectivity index (χ0v) is 38.5. The second-order valence-corrected chi connectivity index (χ2v) is 17.5. The van der Waals surface area contributed by atoms with Crippen molar-refractivity contribution in [3.63, 3.8) is 0 Å². The van der Waals surface area contributed by atoms with Crippen molar-refractivity contribution < 1.29 is 48.1 Å². The maximum absolute atomic E-state index is 12.6. The molecular formula is C46H81NO6Zn. The summed E-state index contributed by atoms with van der Waals surface area (Å²) in [6.07, 6.45) is 29.6. The topological polar surface area (TPSA) is 82.1 Å². The van der Waals surface area contributed by atoms with E-state index in [9.17, 15) is 14.4 Å². The summed E-state index contributed by atoms with van der Waals surface area (Å²) in [5.74, 6) is 4.89. The Kier molecular flexibility index (Phi) is 26.3. The standard InChI is InChI=1S/C46H81NO6.Zn/c1-6-8-16-23-37(24-17-9-7-2)32-34-51-41(48)27-20-14-10-12-18-25-40(53-43(50)29-22-33-47(4)5)26-19-13-11-15-21-28-42(49)52-36(3)44-45-38-30-31-39(35-38)46(44)45;/h37-40,44-46H,3,6-35H2,1-2,4-5H3;. The number of allylic oxidation sites excluding steroid dienone is 1. The van der Waals surface area contributed by atoms with E-state index < -0.39 is 0 Å². The van der Waals surface area contributed by atoms with Crippen molar-refractivity contribution in [2.75, 3.05) is 27.2 Å². The molecule has 3 fully saturated rings. The van der Waals surface area contributed by atoms with Gasteiger partial charge in [-0.15, -0.1) is 0 Å². The summed E-state index contributed by atoms with van der Waals surface area (Å²) in [5, 5.41) is 0. The minimum Gasteiger partial charge on any atom is -0.466 e. The van der Waals surface area contributed by atoms with Gasteiger partial charge in [0.15, 0.2) is 0 Å². The van der Waals surface area contributed by atoms with E-state index in [0.717, 1.165) is 126 Å². The second kappa shape index (κ2) is 29.0. The van der Waals surface area contributed by atoms with Crippen molar-refractivity contribution >= 4 is 17.9 Å². The van der Waals surface area contributed by atoms with E-state index in [1.807, 2.05) is 14.1 Å². The van der Waals surface area contributed by atoms with Crippen LogP contribution in [0.15, 0.2) is 12.3 Å². The average molecular weight is 810 g/mol. The van der Waals surface area contributed by atoms with Crippen molar-refractivity contribution in [1.82, 2.24) is 4.90 Å². The molecule has 0 aromatic carbocycles. The van der Waals surface area contributed by atoms with E-state index in [4.69, 9.17) is 14.2 Å². The Balaban J connectivity index is 0.0000101. The third-order valence-corrected chi connectivity index (χ3v) is 12.7. The minimum atomic E-state index is -0.108. The molecule has 0 amide bonds. The molecule has 0 radical (unpaired) electrons. The van der Waals surface area contributed by atoms with Crippen LogP contribution in [0.2, 0.25) is 0 Å². The van der Waals surface area contributed by atoms with E-state index in [0.29, 0.717) is 37.7 Å². The Morgan fingerprint density at radius 2 is 1.13 bits per heavy atom. The molecule has 2 bridgehead atoms. The fourth-order valence-electron chi connectivity index (χ4n) is 9.62. The van der Waals surface area contributed by atoms with E-state index >= 15 is 0 Å². The number of unbranched alkanes of at least 4 members (excludes halogenated alkanes) is 12. The van der Waals surface area contributed by atoms with E-state index in [1.54, 1.807) is 0 Å². The van der Waals surface area contributed by atoms with Crippen LogP contribution >= 0.6 is 0 Å². The van der Waals surface area contributed by atoms with Crippen molar-refractivity contribution in [2.24, 2.45) is 35.5 Å². The molecule has 0 spiro atoms. The molecular weight excluding hydrogens is 728 g/mol. The van der Waals surface area contributed by atoms with Crippen LogP contribution in [0.1, 0.15) is 194 Å². The molecule has 54 heavy (non-hydrogen) atoms. The first-order valence-electron chi connectivity index (χ1n) is 22.6. The van der Waals surface area contributed by atoms with Gasteiger partial charge in [0.2, 0.25) is 0 Å². The fraction of sp³-hybridized carbons (Fsp3) is 0.891. The van der Waals surface area contributed by atoms with Gasteiger partial charge in [0, 0.05) is 44.7 Å². The van der Waals surface area contributed by atoms with Gasteiger partial charge in [0.1, 0.15) is 11.9 Å². The molecule has 0 saturated heterocycles. The molecule has 0 aliphatic heterocycles. The van der Waals surface area contributed by atoms with Gasteiger partial charge in [-0.2, -0.15) is 0 Å². The van der Waals surface area contributed by atoms with E-state index in [2.05, 4.69) is 25.3 Å². The SMILES string of the molecule is C=C(OC(=O)CCCCCCCC(CCCCCCCC(=O)OCCC(CCCCC)CCCCC)OC(=O)CCCN(C)C)C1C2C3CCC(C3)C12.[Zn]. The van der Waals surface area contributed by atoms with Gasteiger partial charge in [-0.1, -0.05) is 110 Å². The number of hydrogen-bond donors (Lipinski definition) is 0. The number of nitrogens with zero attached hydrogens (tertiary/aromatic N) is 1. The van der Waals surface area contributed by atoms with Crippen molar-refractivity contribution in [3.05, 3.63) is 12.3 Å². The van der Waals surface area contributed by atoms with Crippen LogP contribution in [0, 0.1) is 35.5 Å². The van der Waals surface area contributed by atoms with Crippen LogP contribution in [0.5, 0.6) is 0 Å². The summed E-state index contributed by atoms with van der Waals surface area (Å²) in [6.45, 7) is 10.1. The molecule has 5 atom stereocenters. The quantitative estimate of drug-likeness (QED) is 0.0210. The van der Waals surface area contributed by atoms with Gasteiger partial charge in [-0.3, -0.25) is 14.4 Å². The van der Waals surface area contributed by atoms with Gasteiger partial charge in [0.05, 0.1) is 6.61 Å². The third kappa shape index (κ3) is 19.7. The van der Waals surface area contributed by atoms with Gasteiger partial charge < -0.3 is 19.1 Å². The molecule has 308 valence electrons. The van der Waals surface area contributed by atoms with Crippen molar-refractivity contribution in [3.8, 4) is 0 Å². The first-order chi connectivity index (χ1) is 25.7. The number of hydrogen-bond acceptors (Lipinski definition) is 7. The summed E-state index contributed by atoms with van der Waals surface area (Å²) in [4.78, 5) is 39.5. The average Bonchev–Trinajstić information content (AvgIpc) is 3.56. The van der Waals surface area contributed by atoms with Crippen LogP contribution in [-0.2, 0) is 48.1 Å². The van der Waals surface area contributed by atoms with Crippen LogP contribution in [0.25, 0.3) is 0 Å². The van der Waals surface area contributed by atoms with Crippen LogP contribution in [-0.4, -0.2) is 56.2 Å². The Hall–Kier alpha value is -1.27. The van der Waals surface area contributed by atoms with Crippen LogP contribution in [0.3, 0.4) is 0 Å². The Morgan fingerprint density at radius 3 is 1.69 bits per heavy atom. The largest absolute Gasteiger partial charge is 0.466 e. The van der Waals surface area contributed by atoms with E-state index in [1.165, 1.54) is 70.6 Å². The molecule has 8 heteroatoms. The smallest absolute Gasteiger partial charge is 0.310 e. The van der Waals surface area contributed by atoms with Crippen molar-refractivity contribution in [2.45, 2.75) is 200 Å². The molecule has 7 nitrogen and oxygen atoms in total. The van der Waals surface area contributed by atoms with Crippen LogP contribution in [0.4, 0.5) is 0 Å². The number of rotatable bonds is 34. The summed E-state index contributed by atoms with van der Waals surface area (Å²) in [7, 11) is 4.05. The van der Waals surface area contributed by atoms with Gasteiger partial charge >= 0.3 is 17.9 Å². The summed E-state index contributed by atoms with van der Waals surface area (Å²) in [6, 6.07) is 0. The number of esters is 3. The molecule has 3 aliphatic carbocycles.